The minimum Gasteiger partial charge on any atom is -0.481 e. The van der Waals surface area contributed by atoms with Gasteiger partial charge in [-0.25, -0.2) is 4.39 Å². The lowest BCUT2D eigenvalue weighted by Crippen LogP contribution is -2.38. The lowest BCUT2D eigenvalue weighted by molar-refractivity contribution is -0.134. The molecule has 3 rings (SSSR count). The second-order valence-corrected chi connectivity index (χ2v) is 5.84. The van der Waals surface area contributed by atoms with Crippen molar-refractivity contribution in [1.82, 2.24) is 10.5 Å². The first-order chi connectivity index (χ1) is 11.4. The number of aliphatic carboxylic acids is 1. The first-order valence-electron chi connectivity index (χ1n) is 7.80. The highest BCUT2D eigenvalue weighted by molar-refractivity contribution is 5.62. The van der Waals surface area contributed by atoms with Gasteiger partial charge in [0.15, 0.2) is 0 Å². The highest BCUT2D eigenvalue weighted by Gasteiger charge is 2.25. The van der Waals surface area contributed by atoms with E-state index in [4.69, 9.17) is 14.4 Å². The first kappa shape index (κ1) is 17.9. The average Bonchev–Trinajstić information content (AvgIpc) is 2.94. The Balaban J connectivity index is 0.000000471. The number of halogens is 1. The number of carbonyl (C=O) groups is 1. The molecule has 0 saturated carbocycles. The van der Waals surface area contributed by atoms with E-state index in [1.807, 2.05) is 6.07 Å². The quantitative estimate of drug-likeness (QED) is 0.799. The smallest absolute Gasteiger partial charge is 0.300 e. The van der Waals surface area contributed by atoms with Gasteiger partial charge < -0.3 is 14.9 Å². The molecule has 1 aliphatic heterocycles. The van der Waals surface area contributed by atoms with Crippen molar-refractivity contribution in [3.05, 3.63) is 57.8 Å². The van der Waals surface area contributed by atoms with E-state index in [1.165, 1.54) is 12.1 Å². The molecule has 0 bridgehead atoms. The van der Waals surface area contributed by atoms with Crippen LogP contribution in [0.3, 0.4) is 0 Å². The lowest BCUT2D eigenvalue weighted by atomic mass is 9.87. The number of benzene rings is 1. The predicted molar refractivity (Wildman–Crippen MR) is 86.5 cm³/mol. The highest BCUT2D eigenvalue weighted by atomic mass is 19.1. The Labute approximate surface area is 138 Å². The molecule has 2 aromatic rings. The number of rotatable bonds is 3. The molecule has 1 saturated heterocycles. The van der Waals surface area contributed by atoms with Gasteiger partial charge in [-0.05, 0) is 43.5 Å². The molecule has 1 aromatic heterocycles. The van der Waals surface area contributed by atoms with E-state index in [-0.39, 0.29) is 23.3 Å². The van der Waals surface area contributed by atoms with Crippen LogP contribution in [0, 0.1) is 5.82 Å². The van der Waals surface area contributed by atoms with Gasteiger partial charge in [0.05, 0.1) is 0 Å². The van der Waals surface area contributed by atoms with Gasteiger partial charge in [-0.1, -0.05) is 12.1 Å². The molecule has 0 amide bonds. The van der Waals surface area contributed by atoms with Gasteiger partial charge in [0.2, 0.25) is 0 Å². The predicted octanol–water partition coefficient (Wildman–Crippen LogP) is 2.28. The highest BCUT2D eigenvalue weighted by Crippen LogP contribution is 2.27. The van der Waals surface area contributed by atoms with E-state index in [2.05, 4.69) is 10.5 Å². The van der Waals surface area contributed by atoms with Gasteiger partial charge >= 0.3 is 0 Å². The number of carboxylic acids is 1. The third kappa shape index (κ3) is 5.66. The van der Waals surface area contributed by atoms with Crippen LogP contribution in [0.25, 0.3) is 0 Å². The molecule has 130 valence electrons. The second kappa shape index (κ2) is 8.44. The Morgan fingerprint density at radius 1 is 1.42 bits per heavy atom. The van der Waals surface area contributed by atoms with Crippen LogP contribution < -0.4 is 10.9 Å². The van der Waals surface area contributed by atoms with Gasteiger partial charge in [0, 0.05) is 24.9 Å². The van der Waals surface area contributed by atoms with Gasteiger partial charge in [-0.2, -0.15) is 5.16 Å². The normalized spacial score (nSPS) is 20.1. The fourth-order valence-corrected chi connectivity index (χ4v) is 2.87. The zero-order valence-electron chi connectivity index (χ0n) is 13.4. The summed E-state index contributed by atoms with van der Waals surface area (Å²) in [6.45, 7) is 1.96. The zero-order chi connectivity index (χ0) is 17.5. The third-order valence-electron chi connectivity index (χ3n) is 3.81. The number of nitrogens with one attached hydrogen (secondary N) is 2. The molecule has 3 N–H and O–H groups in total. The number of aromatic amines is 1. The zero-order valence-corrected chi connectivity index (χ0v) is 13.4. The first-order valence-corrected chi connectivity index (χ1v) is 7.80. The molecule has 1 fully saturated rings. The van der Waals surface area contributed by atoms with Gasteiger partial charge in [0.25, 0.3) is 11.5 Å². The number of carboxylic acid groups (broad SMARTS) is 1. The second-order valence-electron chi connectivity index (χ2n) is 5.84. The van der Waals surface area contributed by atoms with Crippen LogP contribution in [0.4, 0.5) is 4.39 Å². The third-order valence-corrected chi connectivity index (χ3v) is 3.81. The van der Waals surface area contributed by atoms with Crippen LogP contribution in [0.1, 0.15) is 37.0 Å². The molecule has 2 atom stereocenters. The topological polar surface area (TPSA) is 95.3 Å². The van der Waals surface area contributed by atoms with Crippen LogP contribution >= 0.6 is 0 Å². The van der Waals surface area contributed by atoms with Crippen molar-refractivity contribution in [3.8, 4) is 0 Å². The summed E-state index contributed by atoms with van der Waals surface area (Å²) < 4.78 is 18.4. The standard InChI is InChI=1S/C15H17FN2O2.C2H4O2/c16-12-3-1-2-10(6-12)7-13-8-11(4-5-17-13)14-9-15(19)18-20-14;1-2(3)4/h1-3,6,9,11,13,17H,4-5,7-8H2,(H,18,19);1H3,(H,3,4)/t11-,13-;/m0./s1. The molecule has 7 heteroatoms. The number of piperidine rings is 1. The summed E-state index contributed by atoms with van der Waals surface area (Å²) >= 11 is 0. The van der Waals surface area contributed by atoms with Crippen LogP contribution in [-0.4, -0.2) is 28.8 Å². The summed E-state index contributed by atoms with van der Waals surface area (Å²) in [6, 6.07) is 8.49. The van der Waals surface area contributed by atoms with E-state index in [1.54, 1.807) is 12.1 Å². The number of aromatic nitrogens is 1. The monoisotopic (exact) mass is 336 g/mol. The van der Waals surface area contributed by atoms with Crippen LogP contribution in [0.15, 0.2) is 39.6 Å². The Morgan fingerprint density at radius 3 is 2.79 bits per heavy atom. The van der Waals surface area contributed by atoms with Crippen molar-refractivity contribution in [3.63, 3.8) is 0 Å². The van der Waals surface area contributed by atoms with Crippen molar-refractivity contribution in [1.29, 1.82) is 0 Å². The minimum absolute atomic E-state index is 0.194. The minimum atomic E-state index is -0.833. The molecular formula is C17H21FN2O4. The molecule has 1 aliphatic rings. The molecule has 0 spiro atoms. The average molecular weight is 336 g/mol. The lowest BCUT2D eigenvalue weighted by Gasteiger charge is -2.29. The Hall–Kier alpha value is -2.41. The molecule has 0 unspecified atom stereocenters. The maximum Gasteiger partial charge on any atom is 0.300 e. The molecule has 24 heavy (non-hydrogen) atoms. The van der Waals surface area contributed by atoms with Gasteiger partial charge in [-0.3, -0.25) is 9.59 Å². The van der Waals surface area contributed by atoms with Gasteiger partial charge in [0.1, 0.15) is 11.6 Å². The van der Waals surface area contributed by atoms with E-state index < -0.39 is 5.97 Å². The maximum atomic E-state index is 13.2. The van der Waals surface area contributed by atoms with Gasteiger partial charge in [-0.15, -0.1) is 0 Å². The Kier molecular flexibility index (Phi) is 6.31. The summed E-state index contributed by atoms with van der Waals surface area (Å²) in [5.41, 5.74) is 0.791. The Morgan fingerprint density at radius 2 is 2.17 bits per heavy atom. The van der Waals surface area contributed by atoms with E-state index >= 15 is 0 Å². The fourth-order valence-electron chi connectivity index (χ4n) is 2.87. The number of hydrogen-bond acceptors (Lipinski definition) is 4. The maximum absolute atomic E-state index is 13.2. The number of hydrogen-bond donors (Lipinski definition) is 3. The summed E-state index contributed by atoms with van der Waals surface area (Å²) in [6.07, 6.45) is 2.61. The molecule has 1 aromatic carbocycles. The molecular weight excluding hydrogens is 315 g/mol. The molecule has 6 nitrogen and oxygen atoms in total. The van der Waals surface area contributed by atoms with Crippen molar-refractivity contribution in [2.45, 2.75) is 38.1 Å². The van der Waals surface area contributed by atoms with Crippen LogP contribution in [0.2, 0.25) is 0 Å². The molecule has 0 radical (unpaired) electrons. The van der Waals surface area contributed by atoms with Crippen molar-refractivity contribution in [2.24, 2.45) is 0 Å². The van der Waals surface area contributed by atoms with Crippen molar-refractivity contribution >= 4 is 5.97 Å². The van der Waals surface area contributed by atoms with Crippen molar-refractivity contribution < 1.29 is 18.8 Å². The molecule has 0 aliphatic carbocycles. The van der Waals surface area contributed by atoms with Crippen LogP contribution in [-0.2, 0) is 11.2 Å². The van der Waals surface area contributed by atoms with E-state index in [9.17, 15) is 9.18 Å². The fraction of sp³-hybridized carbons (Fsp3) is 0.412. The number of H-pyrrole nitrogens is 1. The summed E-state index contributed by atoms with van der Waals surface area (Å²) in [5, 5.41) is 13.2. The Bertz CT molecular complexity index is 721. The summed E-state index contributed by atoms with van der Waals surface area (Å²) in [4.78, 5) is 20.1. The summed E-state index contributed by atoms with van der Waals surface area (Å²) in [5.74, 6) is -0.0685. The molecule has 2 heterocycles. The van der Waals surface area contributed by atoms with E-state index in [0.29, 0.717) is 0 Å². The van der Waals surface area contributed by atoms with E-state index in [0.717, 1.165) is 44.1 Å². The summed E-state index contributed by atoms with van der Waals surface area (Å²) in [7, 11) is 0. The van der Waals surface area contributed by atoms with Crippen molar-refractivity contribution in [2.75, 3.05) is 6.54 Å². The van der Waals surface area contributed by atoms with Crippen LogP contribution in [0.5, 0.6) is 0 Å². The largest absolute Gasteiger partial charge is 0.481 e. The SMILES string of the molecule is CC(=O)O.O=c1cc([C@H]2CCN[C@@H](Cc3cccc(F)c3)C2)o[nH]1.